The summed E-state index contributed by atoms with van der Waals surface area (Å²) in [6.45, 7) is 1.82. The maximum Gasteiger partial charge on any atom is 0.165 e. The first-order valence-corrected chi connectivity index (χ1v) is 6.93. The summed E-state index contributed by atoms with van der Waals surface area (Å²) in [5.41, 5.74) is 7.90. The van der Waals surface area contributed by atoms with Crippen molar-refractivity contribution in [1.29, 1.82) is 0 Å². The second-order valence-electron chi connectivity index (χ2n) is 5.17. The molecule has 0 bridgehead atoms. The lowest BCUT2D eigenvalue weighted by molar-refractivity contribution is 0.0832. The first-order chi connectivity index (χ1) is 10.1. The largest absolute Gasteiger partial charge is 0.488 e. The maximum absolute atomic E-state index is 13.5. The molecule has 3 nitrogen and oxygen atoms in total. The van der Waals surface area contributed by atoms with Crippen LogP contribution < -0.4 is 10.5 Å². The number of benzene rings is 2. The molecule has 2 atom stereocenters. The molecule has 21 heavy (non-hydrogen) atoms. The van der Waals surface area contributed by atoms with Gasteiger partial charge in [-0.3, -0.25) is 0 Å². The average molecular weight is 289 g/mol. The molecule has 2 aromatic carbocycles. The predicted octanol–water partition coefficient (Wildman–Crippen LogP) is 2.44. The summed E-state index contributed by atoms with van der Waals surface area (Å²) >= 11 is 0. The van der Waals surface area contributed by atoms with E-state index in [2.05, 4.69) is 0 Å². The molecule has 0 aromatic heterocycles. The van der Waals surface area contributed by atoms with Crippen molar-refractivity contribution in [2.75, 3.05) is 6.61 Å². The molecule has 2 unspecified atom stereocenters. The second kappa shape index (κ2) is 7.20. The summed E-state index contributed by atoms with van der Waals surface area (Å²) in [6, 6.07) is 13.8. The fourth-order valence-corrected chi connectivity index (χ4v) is 2.04. The molecule has 0 heterocycles. The fraction of sp³-hybridized carbons (Fsp3) is 0.294. The van der Waals surface area contributed by atoms with Crippen molar-refractivity contribution in [3.05, 3.63) is 65.5 Å². The van der Waals surface area contributed by atoms with E-state index in [-0.39, 0.29) is 12.4 Å². The Morgan fingerprint density at radius 1 is 1.19 bits per heavy atom. The number of rotatable bonds is 6. The molecule has 0 saturated heterocycles. The Morgan fingerprint density at radius 3 is 2.62 bits per heavy atom. The molecule has 0 amide bonds. The SMILES string of the molecule is Cc1ccc(F)c(OCC(O)C(N)Cc2ccccc2)c1. The molecule has 2 rings (SSSR count). The second-order valence-corrected chi connectivity index (χ2v) is 5.17. The van der Waals surface area contributed by atoms with Gasteiger partial charge in [0, 0.05) is 6.04 Å². The summed E-state index contributed by atoms with van der Waals surface area (Å²) in [5.74, 6) is -0.301. The van der Waals surface area contributed by atoms with Crippen molar-refractivity contribution >= 4 is 0 Å². The standard InChI is InChI=1S/C17H20FNO2/c1-12-7-8-14(18)17(9-12)21-11-16(20)15(19)10-13-5-3-2-4-6-13/h2-9,15-16,20H,10-11,19H2,1H3. The maximum atomic E-state index is 13.5. The van der Waals surface area contributed by atoms with E-state index in [1.54, 1.807) is 12.1 Å². The molecule has 0 fully saturated rings. The molecule has 0 aliphatic carbocycles. The Kier molecular flexibility index (Phi) is 5.31. The van der Waals surface area contributed by atoms with Crippen LogP contribution >= 0.6 is 0 Å². The highest BCUT2D eigenvalue weighted by Crippen LogP contribution is 2.18. The van der Waals surface area contributed by atoms with Gasteiger partial charge in [0.1, 0.15) is 12.7 Å². The van der Waals surface area contributed by atoms with E-state index in [0.717, 1.165) is 11.1 Å². The lowest BCUT2D eigenvalue weighted by Gasteiger charge is -2.19. The lowest BCUT2D eigenvalue weighted by atomic mass is 10.0. The summed E-state index contributed by atoms with van der Waals surface area (Å²) in [5, 5.41) is 10.0. The van der Waals surface area contributed by atoms with Crippen LogP contribution in [0.1, 0.15) is 11.1 Å². The molecule has 112 valence electrons. The van der Waals surface area contributed by atoms with Crippen LogP contribution in [0.3, 0.4) is 0 Å². The number of nitrogens with two attached hydrogens (primary N) is 1. The van der Waals surface area contributed by atoms with E-state index in [4.69, 9.17) is 10.5 Å². The van der Waals surface area contributed by atoms with Gasteiger partial charge in [0.15, 0.2) is 11.6 Å². The minimum Gasteiger partial charge on any atom is -0.488 e. The number of hydrogen-bond acceptors (Lipinski definition) is 3. The van der Waals surface area contributed by atoms with Gasteiger partial charge in [-0.05, 0) is 36.6 Å². The van der Waals surface area contributed by atoms with Crippen LogP contribution in [0.5, 0.6) is 5.75 Å². The van der Waals surface area contributed by atoms with Gasteiger partial charge >= 0.3 is 0 Å². The molecule has 4 heteroatoms. The van der Waals surface area contributed by atoms with Gasteiger partial charge in [-0.2, -0.15) is 0 Å². The van der Waals surface area contributed by atoms with E-state index in [1.165, 1.54) is 6.07 Å². The van der Waals surface area contributed by atoms with E-state index in [1.807, 2.05) is 37.3 Å². The zero-order chi connectivity index (χ0) is 15.2. The van der Waals surface area contributed by atoms with E-state index in [0.29, 0.717) is 6.42 Å². The number of ether oxygens (including phenoxy) is 1. The number of aliphatic hydroxyl groups is 1. The molecule has 0 aliphatic heterocycles. The van der Waals surface area contributed by atoms with Gasteiger partial charge in [-0.1, -0.05) is 36.4 Å². The minimum absolute atomic E-state index is 0.0334. The van der Waals surface area contributed by atoms with Gasteiger partial charge in [0.25, 0.3) is 0 Å². The summed E-state index contributed by atoms with van der Waals surface area (Å²) < 4.78 is 18.9. The van der Waals surface area contributed by atoms with Crippen molar-refractivity contribution in [1.82, 2.24) is 0 Å². The Hall–Kier alpha value is -1.91. The molecule has 0 spiro atoms. The number of halogens is 1. The molecule has 2 aromatic rings. The van der Waals surface area contributed by atoms with E-state index in [9.17, 15) is 9.50 Å². The van der Waals surface area contributed by atoms with E-state index >= 15 is 0 Å². The third kappa shape index (κ3) is 4.55. The summed E-state index contributed by atoms with van der Waals surface area (Å²) in [4.78, 5) is 0. The first kappa shape index (κ1) is 15.5. The van der Waals surface area contributed by atoms with Gasteiger partial charge in [-0.15, -0.1) is 0 Å². The van der Waals surface area contributed by atoms with Crippen molar-refractivity contribution in [2.45, 2.75) is 25.5 Å². The van der Waals surface area contributed by atoms with Gasteiger partial charge < -0.3 is 15.6 Å². The zero-order valence-electron chi connectivity index (χ0n) is 12.0. The molecular formula is C17H20FNO2. The monoisotopic (exact) mass is 289 g/mol. The van der Waals surface area contributed by atoms with Crippen molar-refractivity contribution < 1.29 is 14.2 Å². The minimum atomic E-state index is -0.856. The predicted molar refractivity (Wildman–Crippen MR) is 80.8 cm³/mol. The highest BCUT2D eigenvalue weighted by Gasteiger charge is 2.17. The Balaban J connectivity index is 1.89. The van der Waals surface area contributed by atoms with Crippen LogP contribution in [0.2, 0.25) is 0 Å². The fourth-order valence-electron chi connectivity index (χ4n) is 2.04. The van der Waals surface area contributed by atoms with Crippen LogP contribution in [0.25, 0.3) is 0 Å². The Morgan fingerprint density at radius 2 is 1.90 bits per heavy atom. The third-order valence-corrected chi connectivity index (χ3v) is 3.30. The number of aliphatic hydroxyl groups excluding tert-OH is 1. The van der Waals surface area contributed by atoms with Crippen molar-refractivity contribution in [3.8, 4) is 5.75 Å². The van der Waals surface area contributed by atoms with Crippen LogP contribution in [-0.4, -0.2) is 23.9 Å². The van der Waals surface area contributed by atoms with Gasteiger partial charge in [-0.25, -0.2) is 4.39 Å². The Labute approximate surface area is 124 Å². The molecule has 0 saturated carbocycles. The van der Waals surface area contributed by atoms with E-state index < -0.39 is 18.0 Å². The van der Waals surface area contributed by atoms with Crippen LogP contribution in [0.4, 0.5) is 4.39 Å². The summed E-state index contributed by atoms with van der Waals surface area (Å²) in [7, 11) is 0. The summed E-state index contributed by atoms with van der Waals surface area (Å²) in [6.07, 6.45) is -0.313. The molecule has 3 N–H and O–H groups in total. The first-order valence-electron chi connectivity index (χ1n) is 6.93. The quantitative estimate of drug-likeness (QED) is 0.859. The Bertz CT molecular complexity index is 574. The van der Waals surface area contributed by atoms with Crippen LogP contribution in [0.15, 0.2) is 48.5 Å². The number of hydrogen-bond donors (Lipinski definition) is 2. The van der Waals surface area contributed by atoms with Gasteiger partial charge in [0.2, 0.25) is 0 Å². The topological polar surface area (TPSA) is 55.5 Å². The highest BCUT2D eigenvalue weighted by molar-refractivity contribution is 5.29. The van der Waals surface area contributed by atoms with Crippen molar-refractivity contribution in [3.63, 3.8) is 0 Å². The van der Waals surface area contributed by atoms with Crippen LogP contribution in [0, 0.1) is 12.7 Å². The van der Waals surface area contributed by atoms with Crippen LogP contribution in [-0.2, 0) is 6.42 Å². The molecule has 0 aliphatic rings. The molecule has 0 radical (unpaired) electrons. The number of aryl methyl sites for hydroxylation is 1. The highest BCUT2D eigenvalue weighted by atomic mass is 19.1. The smallest absolute Gasteiger partial charge is 0.165 e. The third-order valence-electron chi connectivity index (χ3n) is 3.30. The normalized spacial score (nSPS) is 13.7. The zero-order valence-corrected chi connectivity index (χ0v) is 12.0. The van der Waals surface area contributed by atoms with Gasteiger partial charge in [0.05, 0.1) is 0 Å². The van der Waals surface area contributed by atoms with Crippen molar-refractivity contribution in [2.24, 2.45) is 5.73 Å². The lowest BCUT2D eigenvalue weighted by Crippen LogP contribution is -2.40. The average Bonchev–Trinajstić information content (AvgIpc) is 2.49. The molecular weight excluding hydrogens is 269 g/mol.